The van der Waals surface area contributed by atoms with Gasteiger partial charge in [-0.25, -0.2) is 4.90 Å². The Bertz CT molecular complexity index is 1120. The Morgan fingerprint density at radius 3 is 2.00 bits per heavy atom. The Kier molecular flexibility index (Phi) is 6.30. The molecule has 0 aliphatic carbocycles. The first-order chi connectivity index (χ1) is 14.8. The van der Waals surface area contributed by atoms with Crippen molar-refractivity contribution in [2.24, 2.45) is 0 Å². The standard InChI is InChI=1S/C23H15Cl3N2O2S/c1-13-2-6-17(7-3-13)27-20-21(31-19-8-4-14(24)5-9-19)23(30)28(22(20)29)18-11-15(25)10-16(26)12-18/h2-12,27H,1H3. The van der Waals surface area contributed by atoms with Crippen molar-refractivity contribution in [2.45, 2.75) is 11.8 Å². The molecule has 0 fully saturated rings. The molecule has 0 unspecified atom stereocenters. The molecule has 0 aromatic heterocycles. The summed E-state index contributed by atoms with van der Waals surface area (Å²) < 4.78 is 0. The Morgan fingerprint density at radius 2 is 1.39 bits per heavy atom. The number of carbonyl (C=O) groups excluding carboxylic acids is 2. The van der Waals surface area contributed by atoms with Crippen molar-refractivity contribution >= 4 is 69.8 Å². The number of thioether (sulfide) groups is 1. The average Bonchev–Trinajstić information content (AvgIpc) is 2.94. The van der Waals surface area contributed by atoms with Gasteiger partial charge in [0.15, 0.2) is 0 Å². The quantitative estimate of drug-likeness (QED) is 0.394. The molecule has 3 aromatic rings. The van der Waals surface area contributed by atoms with Crippen LogP contribution in [0.2, 0.25) is 15.1 Å². The van der Waals surface area contributed by atoms with E-state index in [-0.39, 0.29) is 10.6 Å². The smallest absolute Gasteiger partial charge is 0.283 e. The van der Waals surface area contributed by atoms with Gasteiger partial charge < -0.3 is 5.32 Å². The normalized spacial score (nSPS) is 13.9. The summed E-state index contributed by atoms with van der Waals surface area (Å²) in [4.78, 5) is 28.8. The zero-order chi connectivity index (χ0) is 22.1. The van der Waals surface area contributed by atoms with Crippen molar-refractivity contribution in [3.8, 4) is 0 Å². The molecule has 1 aliphatic heterocycles. The van der Waals surface area contributed by atoms with Gasteiger partial charge in [-0.05, 0) is 61.5 Å². The molecule has 4 rings (SSSR count). The first kappa shape index (κ1) is 21.8. The van der Waals surface area contributed by atoms with Crippen LogP contribution in [0, 0.1) is 6.92 Å². The number of anilines is 2. The molecule has 31 heavy (non-hydrogen) atoms. The predicted molar refractivity (Wildman–Crippen MR) is 128 cm³/mol. The second-order valence-corrected chi connectivity index (χ2v) is 9.22. The summed E-state index contributed by atoms with van der Waals surface area (Å²) >= 11 is 19.4. The molecule has 0 saturated heterocycles. The molecule has 8 heteroatoms. The van der Waals surface area contributed by atoms with Gasteiger partial charge in [-0.15, -0.1) is 0 Å². The lowest BCUT2D eigenvalue weighted by Crippen LogP contribution is -2.32. The minimum absolute atomic E-state index is 0.185. The summed E-state index contributed by atoms with van der Waals surface area (Å²) in [6.45, 7) is 1.97. The maximum Gasteiger partial charge on any atom is 0.283 e. The first-order valence-electron chi connectivity index (χ1n) is 9.18. The molecule has 0 bridgehead atoms. The maximum atomic E-state index is 13.3. The fraction of sp³-hybridized carbons (Fsp3) is 0.0435. The van der Waals surface area contributed by atoms with Crippen LogP contribution < -0.4 is 10.2 Å². The van der Waals surface area contributed by atoms with E-state index in [1.165, 1.54) is 23.9 Å². The number of nitrogens with one attached hydrogen (secondary N) is 1. The minimum atomic E-state index is -0.486. The molecule has 0 spiro atoms. The minimum Gasteiger partial charge on any atom is -0.350 e. The lowest BCUT2D eigenvalue weighted by atomic mass is 10.2. The van der Waals surface area contributed by atoms with Crippen LogP contribution in [0.15, 0.2) is 82.2 Å². The van der Waals surface area contributed by atoms with Gasteiger partial charge >= 0.3 is 0 Å². The van der Waals surface area contributed by atoms with Gasteiger partial charge in [0.2, 0.25) is 0 Å². The van der Waals surface area contributed by atoms with E-state index in [4.69, 9.17) is 34.8 Å². The third-order valence-electron chi connectivity index (χ3n) is 4.50. The highest BCUT2D eigenvalue weighted by atomic mass is 35.5. The molecule has 2 amide bonds. The van der Waals surface area contributed by atoms with Crippen LogP contribution in [0.25, 0.3) is 0 Å². The first-order valence-corrected chi connectivity index (χ1v) is 11.1. The zero-order valence-electron chi connectivity index (χ0n) is 16.2. The molecule has 3 aromatic carbocycles. The highest BCUT2D eigenvalue weighted by Crippen LogP contribution is 2.39. The van der Waals surface area contributed by atoms with Crippen LogP contribution in [0.1, 0.15) is 5.56 Å². The topological polar surface area (TPSA) is 49.4 Å². The van der Waals surface area contributed by atoms with Crippen molar-refractivity contribution in [3.05, 3.63) is 98.0 Å². The number of hydrogen-bond donors (Lipinski definition) is 1. The van der Waals surface area contributed by atoms with E-state index in [9.17, 15) is 9.59 Å². The molecular formula is C23H15Cl3N2O2S. The van der Waals surface area contributed by atoms with E-state index >= 15 is 0 Å². The number of aryl methyl sites for hydroxylation is 1. The summed E-state index contributed by atoms with van der Waals surface area (Å²) in [7, 11) is 0. The van der Waals surface area contributed by atoms with E-state index in [0.29, 0.717) is 26.4 Å². The Hall–Kier alpha value is -2.44. The van der Waals surface area contributed by atoms with E-state index in [1.807, 2.05) is 31.2 Å². The molecule has 156 valence electrons. The Labute approximate surface area is 198 Å². The molecule has 1 N–H and O–H groups in total. The van der Waals surface area contributed by atoms with Gasteiger partial charge in [-0.2, -0.15) is 0 Å². The number of hydrogen-bond acceptors (Lipinski definition) is 4. The van der Waals surface area contributed by atoms with E-state index in [0.717, 1.165) is 15.4 Å². The van der Waals surface area contributed by atoms with Crippen LogP contribution in [0.4, 0.5) is 11.4 Å². The summed E-state index contributed by atoms with van der Waals surface area (Å²) in [6.07, 6.45) is 0. The van der Waals surface area contributed by atoms with Crippen molar-refractivity contribution in [1.82, 2.24) is 0 Å². The van der Waals surface area contributed by atoms with Crippen LogP contribution in [-0.4, -0.2) is 11.8 Å². The lowest BCUT2D eigenvalue weighted by molar-refractivity contribution is -0.120. The fourth-order valence-electron chi connectivity index (χ4n) is 3.02. The zero-order valence-corrected chi connectivity index (χ0v) is 19.2. The monoisotopic (exact) mass is 488 g/mol. The van der Waals surface area contributed by atoms with Gasteiger partial charge in [0.05, 0.1) is 5.69 Å². The molecule has 1 aliphatic rings. The van der Waals surface area contributed by atoms with E-state index < -0.39 is 11.8 Å². The molecule has 0 atom stereocenters. The van der Waals surface area contributed by atoms with Crippen molar-refractivity contribution < 1.29 is 9.59 Å². The lowest BCUT2D eigenvalue weighted by Gasteiger charge is -2.16. The summed E-state index contributed by atoms with van der Waals surface area (Å²) in [6, 6.07) is 19.2. The largest absolute Gasteiger partial charge is 0.350 e. The number of carbonyl (C=O) groups is 2. The van der Waals surface area contributed by atoms with Crippen LogP contribution in [-0.2, 0) is 9.59 Å². The Balaban J connectivity index is 1.75. The van der Waals surface area contributed by atoms with E-state index in [2.05, 4.69) is 5.32 Å². The summed E-state index contributed by atoms with van der Waals surface area (Å²) in [5.74, 6) is -0.946. The molecular weight excluding hydrogens is 475 g/mol. The highest BCUT2D eigenvalue weighted by Gasteiger charge is 2.40. The predicted octanol–water partition coefficient (Wildman–Crippen LogP) is 6.94. The summed E-state index contributed by atoms with van der Waals surface area (Å²) in [5, 5.41) is 4.35. The van der Waals surface area contributed by atoms with Crippen LogP contribution >= 0.6 is 46.6 Å². The number of imide groups is 1. The van der Waals surface area contributed by atoms with E-state index in [1.54, 1.807) is 30.3 Å². The number of benzene rings is 3. The third kappa shape index (κ3) is 4.75. The number of nitrogens with zero attached hydrogens (tertiary/aromatic N) is 1. The van der Waals surface area contributed by atoms with Gasteiger partial charge in [0, 0.05) is 25.7 Å². The molecule has 1 heterocycles. The number of amides is 2. The van der Waals surface area contributed by atoms with Crippen LogP contribution in [0.5, 0.6) is 0 Å². The van der Waals surface area contributed by atoms with Crippen molar-refractivity contribution in [3.63, 3.8) is 0 Å². The SMILES string of the molecule is Cc1ccc(NC2=C(Sc3ccc(Cl)cc3)C(=O)N(c3cc(Cl)cc(Cl)c3)C2=O)cc1. The fourth-order valence-corrected chi connectivity index (χ4v) is 4.59. The number of rotatable bonds is 5. The van der Waals surface area contributed by atoms with Crippen molar-refractivity contribution in [1.29, 1.82) is 0 Å². The van der Waals surface area contributed by atoms with Gasteiger partial charge in [-0.1, -0.05) is 64.3 Å². The van der Waals surface area contributed by atoms with Gasteiger partial charge in [0.1, 0.15) is 10.6 Å². The average molecular weight is 490 g/mol. The second kappa shape index (κ2) is 8.97. The molecule has 0 radical (unpaired) electrons. The van der Waals surface area contributed by atoms with Crippen molar-refractivity contribution in [2.75, 3.05) is 10.2 Å². The van der Waals surface area contributed by atoms with Gasteiger partial charge in [0.25, 0.3) is 11.8 Å². The number of halogens is 3. The molecule has 0 saturated carbocycles. The highest BCUT2D eigenvalue weighted by molar-refractivity contribution is 8.04. The Morgan fingerprint density at radius 1 is 0.774 bits per heavy atom. The summed E-state index contributed by atoms with van der Waals surface area (Å²) in [5.41, 5.74) is 2.27. The third-order valence-corrected chi connectivity index (χ3v) is 6.28. The van der Waals surface area contributed by atoms with Crippen LogP contribution in [0.3, 0.4) is 0 Å². The van der Waals surface area contributed by atoms with Gasteiger partial charge in [-0.3, -0.25) is 9.59 Å². The second-order valence-electron chi connectivity index (χ2n) is 6.82. The molecule has 4 nitrogen and oxygen atoms in total. The maximum absolute atomic E-state index is 13.3.